The van der Waals surface area contributed by atoms with Gasteiger partial charge in [-0.25, -0.2) is 0 Å². The van der Waals surface area contributed by atoms with Gasteiger partial charge in [-0.05, 0) is 29.8 Å². The van der Waals surface area contributed by atoms with Gasteiger partial charge >= 0.3 is 4.87 Å². The first-order chi connectivity index (χ1) is 10.1. The summed E-state index contributed by atoms with van der Waals surface area (Å²) < 4.78 is 1.47. The lowest BCUT2D eigenvalue weighted by Gasteiger charge is -2.08. The zero-order valence-electron chi connectivity index (χ0n) is 11.5. The van der Waals surface area contributed by atoms with E-state index in [1.165, 1.54) is 4.57 Å². The van der Waals surface area contributed by atoms with Crippen LogP contribution in [0.25, 0.3) is 10.8 Å². The number of amides is 1. The fourth-order valence-electron chi connectivity index (χ4n) is 2.21. The maximum Gasteiger partial charge on any atom is 0.307 e. The molecule has 0 aliphatic heterocycles. The van der Waals surface area contributed by atoms with Crippen molar-refractivity contribution in [1.29, 1.82) is 0 Å². The Morgan fingerprint density at radius 3 is 2.67 bits per heavy atom. The van der Waals surface area contributed by atoms with E-state index >= 15 is 0 Å². The molecule has 2 aromatic carbocycles. The molecule has 5 heteroatoms. The third kappa shape index (κ3) is 2.87. The second kappa shape index (κ2) is 5.54. The molecule has 0 fully saturated rings. The van der Waals surface area contributed by atoms with Gasteiger partial charge < -0.3 is 5.32 Å². The summed E-state index contributed by atoms with van der Waals surface area (Å²) in [5.74, 6) is -0.200. The minimum Gasteiger partial charge on any atom is -0.325 e. The molecule has 0 saturated carbocycles. The molecule has 0 aliphatic carbocycles. The Balaban J connectivity index is 1.78. The molecule has 0 bridgehead atoms. The van der Waals surface area contributed by atoms with Crippen LogP contribution in [0.15, 0.2) is 52.6 Å². The van der Waals surface area contributed by atoms with Gasteiger partial charge in [-0.15, -0.1) is 0 Å². The van der Waals surface area contributed by atoms with Crippen LogP contribution in [0.2, 0.25) is 0 Å². The molecule has 0 aliphatic rings. The molecule has 0 atom stereocenters. The quantitative estimate of drug-likeness (QED) is 0.808. The number of carbonyl (C=O) groups excluding carboxylic acids is 1. The number of nitrogens with zero attached hydrogens (tertiary/aromatic N) is 1. The summed E-state index contributed by atoms with van der Waals surface area (Å²) in [5.41, 5.74) is 1.54. The van der Waals surface area contributed by atoms with Crippen LogP contribution in [0.4, 0.5) is 5.69 Å². The van der Waals surface area contributed by atoms with Gasteiger partial charge in [0.05, 0.1) is 0 Å². The van der Waals surface area contributed by atoms with Gasteiger partial charge in [-0.3, -0.25) is 14.2 Å². The number of hydrogen-bond donors (Lipinski definition) is 1. The normalized spacial score (nSPS) is 10.7. The van der Waals surface area contributed by atoms with Crippen molar-refractivity contribution in [1.82, 2.24) is 4.57 Å². The van der Waals surface area contributed by atoms with Gasteiger partial charge in [-0.1, -0.05) is 41.7 Å². The molecule has 3 aromatic rings. The predicted octanol–water partition coefficient (Wildman–Crippen LogP) is 3.01. The molecule has 1 amide bonds. The molecule has 4 nitrogen and oxygen atoms in total. The first kappa shape index (κ1) is 13.6. The number of benzene rings is 2. The molecule has 0 unspecified atom stereocenters. The van der Waals surface area contributed by atoms with E-state index in [4.69, 9.17) is 0 Å². The largest absolute Gasteiger partial charge is 0.325 e. The highest BCUT2D eigenvalue weighted by molar-refractivity contribution is 7.07. The summed E-state index contributed by atoms with van der Waals surface area (Å²) in [6.07, 6.45) is 0. The Hall–Kier alpha value is -2.40. The number of aromatic nitrogens is 1. The fourth-order valence-corrected chi connectivity index (χ4v) is 2.94. The smallest absolute Gasteiger partial charge is 0.307 e. The lowest BCUT2D eigenvalue weighted by atomic mass is 10.1. The summed E-state index contributed by atoms with van der Waals surface area (Å²) in [5, 5.41) is 6.78. The number of aryl methyl sites for hydroxylation is 1. The average Bonchev–Trinajstić information content (AvgIpc) is 2.79. The van der Waals surface area contributed by atoms with Crippen LogP contribution in [0.5, 0.6) is 0 Å². The fraction of sp³-hybridized carbons (Fsp3) is 0.125. The molecule has 106 valence electrons. The summed E-state index contributed by atoms with van der Waals surface area (Å²) in [4.78, 5) is 23.5. The average molecular weight is 298 g/mol. The molecule has 0 spiro atoms. The summed E-state index contributed by atoms with van der Waals surface area (Å²) >= 11 is 1.11. The molecule has 0 radical (unpaired) electrons. The first-order valence-corrected chi connectivity index (χ1v) is 7.45. The second-order valence-electron chi connectivity index (χ2n) is 4.84. The van der Waals surface area contributed by atoms with E-state index in [0.29, 0.717) is 0 Å². The summed E-state index contributed by atoms with van der Waals surface area (Å²) in [6.45, 7) is 1.86. The van der Waals surface area contributed by atoms with Crippen molar-refractivity contribution >= 4 is 33.7 Å². The number of fused-ring (bicyclic) bond motifs is 1. The Labute approximate surface area is 125 Å². The predicted molar refractivity (Wildman–Crippen MR) is 85.9 cm³/mol. The van der Waals surface area contributed by atoms with Gasteiger partial charge in [0, 0.05) is 16.8 Å². The van der Waals surface area contributed by atoms with E-state index in [2.05, 4.69) is 5.32 Å². The van der Waals surface area contributed by atoms with Crippen molar-refractivity contribution in [2.45, 2.75) is 13.5 Å². The minimum absolute atomic E-state index is 0.0427. The van der Waals surface area contributed by atoms with Crippen LogP contribution in [0.1, 0.15) is 5.69 Å². The first-order valence-electron chi connectivity index (χ1n) is 6.57. The highest BCUT2D eigenvalue weighted by atomic mass is 32.1. The van der Waals surface area contributed by atoms with E-state index < -0.39 is 0 Å². The van der Waals surface area contributed by atoms with Crippen molar-refractivity contribution in [3.05, 3.63) is 63.2 Å². The topological polar surface area (TPSA) is 51.1 Å². The SMILES string of the molecule is Cc1csc(=O)n1CC(=O)Nc1ccc2ccccc2c1. The second-order valence-corrected chi connectivity index (χ2v) is 5.66. The van der Waals surface area contributed by atoms with Crippen LogP contribution in [0.3, 0.4) is 0 Å². The van der Waals surface area contributed by atoms with Crippen molar-refractivity contribution in [3.8, 4) is 0 Å². The molecule has 1 heterocycles. The van der Waals surface area contributed by atoms with Gasteiger partial charge in [0.2, 0.25) is 5.91 Å². The zero-order chi connectivity index (χ0) is 14.8. The Bertz CT molecular complexity index is 864. The van der Waals surface area contributed by atoms with Crippen molar-refractivity contribution in [2.24, 2.45) is 0 Å². The standard InChI is InChI=1S/C16H14N2O2S/c1-11-10-21-16(20)18(11)9-15(19)17-14-7-6-12-4-2-3-5-13(12)8-14/h2-8,10H,9H2,1H3,(H,17,19). The number of nitrogens with one attached hydrogen (secondary N) is 1. The van der Waals surface area contributed by atoms with E-state index in [-0.39, 0.29) is 17.3 Å². The molecule has 3 rings (SSSR count). The maximum atomic E-state index is 12.1. The Morgan fingerprint density at radius 1 is 1.19 bits per heavy atom. The molecular weight excluding hydrogens is 284 g/mol. The van der Waals surface area contributed by atoms with Crippen molar-refractivity contribution in [3.63, 3.8) is 0 Å². The van der Waals surface area contributed by atoms with Gasteiger partial charge in [0.1, 0.15) is 6.54 Å². The molecular formula is C16H14N2O2S. The molecule has 0 saturated heterocycles. The molecule has 21 heavy (non-hydrogen) atoms. The molecule has 1 N–H and O–H groups in total. The highest BCUT2D eigenvalue weighted by Gasteiger charge is 2.08. The lowest BCUT2D eigenvalue weighted by molar-refractivity contribution is -0.116. The monoisotopic (exact) mass is 298 g/mol. The summed E-state index contributed by atoms with van der Waals surface area (Å²) in [6, 6.07) is 13.7. The number of carbonyl (C=O) groups is 1. The van der Waals surface area contributed by atoms with Gasteiger partial charge in [0.15, 0.2) is 0 Å². The van der Waals surface area contributed by atoms with Crippen LogP contribution >= 0.6 is 11.3 Å². The van der Waals surface area contributed by atoms with Crippen LogP contribution in [-0.4, -0.2) is 10.5 Å². The van der Waals surface area contributed by atoms with E-state index in [9.17, 15) is 9.59 Å². The van der Waals surface area contributed by atoms with Crippen LogP contribution in [0, 0.1) is 6.92 Å². The maximum absolute atomic E-state index is 12.1. The highest BCUT2D eigenvalue weighted by Crippen LogP contribution is 2.18. The van der Waals surface area contributed by atoms with E-state index in [1.807, 2.05) is 49.4 Å². The number of hydrogen-bond acceptors (Lipinski definition) is 3. The Morgan fingerprint density at radius 2 is 1.95 bits per heavy atom. The lowest BCUT2D eigenvalue weighted by Crippen LogP contribution is -2.25. The van der Waals surface area contributed by atoms with Crippen molar-refractivity contribution < 1.29 is 4.79 Å². The number of rotatable bonds is 3. The Kier molecular flexibility index (Phi) is 3.58. The number of anilines is 1. The number of thiazole rings is 1. The minimum atomic E-state index is -0.200. The van der Waals surface area contributed by atoms with Gasteiger partial charge in [-0.2, -0.15) is 0 Å². The van der Waals surface area contributed by atoms with Crippen LogP contribution < -0.4 is 10.2 Å². The zero-order valence-corrected chi connectivity index (χ0v) is 12.3. The van der Waals surface area contributed by atoms with E-state index in [0.717, 1.165) is 33.5 Å². The van der Waals surface area contributed by atoms with E-state index in [1.54, 1.807) is 5.38 Å². The third-order valence-corrected chi connectivity index (χ3v) is 4.19. The van der Waals surface area contributed by atoms with Crippen LogP contribution in [-0.2, 0) is 11.3 Å². The molecule has 1 aromatic heterocycles. The van der Waals surface area contributed by atoms with Crippen molar-refractivity contribution in [2.75, 3.05) is 5.32 Å². The van der Waals surface area contributed by atoms with Gasteiger partial charge in [0.25, 0.3) is 0 Å². The third-order valence-electron chi connectivity index (χ3n) is 3.31. The summed E-state index contributed by atoms with van der Waals surface area (Å²) in [7, 11) is 0.